The maximum atomic E-state index is 13.6. The second-order valence-electron chi connectivity index (χ2n) is 11.7. The Morgan fingerprint density at radius 3 is 2.57 bits per heavy atom. The molecule has 2 fully saturated rings. The minimum Gasteiger partial charge on any atom is -0.493 e. The number of rotatable bonds is 10. The maximum absolute atomic E-state index is 13.6. The predicted octanol–water partition coefficient (Wildman–Crippen LogP) is 7.73. The second kappa shape index (κ2) is 12.7. The zero-order valence-electron chi connectivity index (χ0n) is 24.8. The number of aliphatic carboxylic acids is 1. The second-order valence-corrected chi connectivity index (χ2v) is 12.5. The number of carbonyl (C=O) groups is 3. The van der Waals surface area contributed by atoms with E-state index in [-0.39, 0.29) is 11.8 Å². The fourth-order valence-corrected chi connectivity index (χ4v) is 7.13. The third-order valence-electron chi connectivity index (χ3n) is 8.90. The Morgan fingerprint density at radius 1 is 1.07 bits per heavy atom. The first-order valence-electron chi connectivity index (χ1n) is 15.4. The van der Waals surface area contributed by atoms with Gasteiger partial charge in [0.05, 0.1) is 12.3 Å². The monoisotopic (exact) mass is 611 g/mol. The Balaban J connectivity index is 1.23. The van der Waals surface area contributed by atoms with Crippen LogP contribution in [0.2, 0.25) is 0 Å². The zero-order chi connectivity index (χ0) is 30.7. The van der Waals surface area contributed by atoms with E-state index in [9.17, 15) is 14.4 Å². The summed E-state index contributed by atoms with van der Waals surface area (Å²) in [5, 5.41) is 20.4. The molecular formula is C35H37N3O5S. The molecule has 228 valence electrons. The predicted molar refractivity (Wildman–Crippen MR) is 174 cm³/mol. The van der Waals surface area contributed by atoms with Crippen LogP contribution >= 0.6 is 11.3 Å². The number of hydrogen-bond acceptors (Lipinski definition) is 5. The molecule has 0 aliphatic heterocycles. The van der Waals surface area contributed by atoms with Crippen LogP contribution in [-0.4, -0.2) is 40.0 Å². The maximum Gasteiger partial charge on any atom is 0.328 e. The van der Waals surface area contributed by atoms with Gasteiger partial charge in [0.1, 0.15) is 11.3 Å². The van der Waals surface area contributed by atoms with Crippen LogP contribution in [-0.2, 0) is 9.59 Å². The highest BCUT2D eigenvalue weighted by Crippen LogP contribution is 2.43. The molecule has 6 rings (SSSR count). The number of thiophene rings is 1. The molecule has 8 nitrogen and oxygen atoms in total. The van der Waals surface area contributed by atoms with Crippen LogP contribution in [0, 0.1) is 0 Å². The van der Waals surface area contributed by atoms with Crippen molar-refractivity contribution in [2.24, 2.45) is 0 Å². The summed E-state index contributed by atoms with van der Waals surface area (Å²) < 4.78 is 5.68. The van der Waals surface area contributed by atoms with Crippen LogP contribution in [0.1, 0.15) is 85.7 Å². The van der Waals surface area contributed by atoms with Gasteiger partial charge in [0.15, 0.2) is 0 Å². The van der Waals surface area contributed by atoms with Crippen LogP contribution < -0.4 is 15.4 Å². The molecule has 0 spiro atoms. The van der Waals surface area contributed by atoms with Crippen LogP contribution in [0.3, 0.4) is 0 Å². The number of nitrogens with one attached hydrogen (secondary N) is 3. The van der Waals surface area contributed by atoms with Gasteiger partial charge >= 0.3 is 5.97 Å². The van der Waals surface area contributed by atoms with E-state index in [1.54, 1.807) is 29.5 Å². The molecule has 9 heteroatoms. The Morgan fingerprint density at radius 2 is 1.89 bits per heavy atom. The third kappa shape index (κ3) is 6.01. The number of fused-ring (bicyclic) bond motifs is 1. The van der Waals surface area contributed by atoms with E-state index in [1.165, 1.54) is 49.3 Å². The average molecular weight is 612 g/mol. The first-order chi connectivity index (χ1) is 21.4. The minimum atomic E-state index is -1.06. The standard InChI is InChI=1S/C35H37N3O5S/c1-2-43-29-20-26(12-9-22(29)11-14-30(39)40)36-34(42)35(16-6-17-35)38-33(41)24-10-13-27-28(19-24)37-32(25-15-18-44-21-25)31(27)23-7-4-3-5-8-23/h9-15,18-21,23,37H,2-8,16-17H2,1H3,(H,36,42)(H,38,41)(H,39,40)/b14-11+. The lowest BCUT2D eigenvalue weighted by Crippen LogP contribution is -2.61. The Hall–Kier alpha value is -4.37. The van der Waals surface area contributed by atoms with Gasteiger partial charge in [-0.3, -0.25) is 9.59 Å². The van der Waals surface area contributed by atoms with Gasteiger partial charge in [-0.2, -0.15) is 11.3 Å². The summed E-state index contributed by atoms with van der Waals surface area (Å²) in [6.45, 7) is 2.21. The van der Waals surface area contributed by atoms with Crippen molar-refractivity contribution in [3.05, 3.63) is 76.0 Å². The highest BCUT2D eigenvalue weighted by molar-refractivity contribution is 7.08. The van der Waals surface area contributed by atoms with Crippen molar-refractivity contribution in [2.75, 3.05) is 11.9 Å². The van der Waals surface area contributed by atoms with E-state index in [0.717, 1.165) is 29.1 Å². The summed E-state index contributed by atoms with van der Waals surface area (Å²) in [7, 11) is 0. The van der Waals surface area contributed by atoms with Crippen LogP contribution in [0.25, 0.3) is 28.2 Å². The summed E-state index contributed by atoms with van der Waals surface area (Å²) >= 11 is 1.68. The molecule has 0 bridgehead atoms. The highest BCUT2D eigenvalue weighted by atomic mass is 32.1. The molecule has 44 heavy (non-hydrogen) atoms. The van der Waals surface area contributed by atoms with Crippen molar-refractivity contribution in [3.63, 3.8) is 0 Å². The van der Waals surface area contributed by atoms with Crippen molar-refractivity contribution in [1.82, 2.24) is 10.3 Å². The molecule has 2 aliphatic rings. The number of amides is 2. The van der Waals surface area contributed by atoms with Crippen LogP contribution in [0.4, 0.5) is 5.69 Å². The van der Waals surface area contributed by atoms with Crippen molar-refractivity contribution in [1.29, 1.82) is 0 Å². The number of carbonyl (C=O) groups excluding carboxylic acids is 2. The number of ether oxygens (including phenoxy) is 1. The molecule has 0 unspecified atom stereocenters. The number of aromatic nitrogens is 1. The number of H-pyrrole nitrogens is 1. The number of anilines is 1. The van der Waals surface area contributed by atoms with Gasteiger partial charge in [-0.05, 0) is 92.3 Å². The fourth-order valence-electron chi connectivity index (χ4n) is 6.48. The number of carboxylic acid groups (broad SMARTS) is 1. The molecule has 2 heterocycles. The largest absolute Gasteiger partial charge is 0.493 e. The fraction of sp³-hybridized carbons (Fsp3) is 0.343. The Kier molecular flexibility index (Phi) is 8.57. The Labute approximate surface area is 260 Å². The van der Waals surface area contributed by atoms with Crippen LogP contribution in [0.5, 0.6) is 5.75 Å². The molecule has 0 radical (unpaired) electrons. The summed E-state index contributed by atoms with van der Waals surface area (Å²) in [6.07, 6.45) is 10.5. The van der Waals surface area contributed by atoms with Gasteiger partial charge in [0, 0.05) is 50.8 Å². The normalized spacial score (nSPS) is 16.5. The van der Waals surface area contributed by atoms with E-state index >= 15 is 0 Å². The summed E-state index contributed by atoms with van der Waals surface area (Å²) in [4.78, 5) is 41.8. The van der Waals surface area contributed by atoms with E-state index in [4.69, 9.17) is 9.84 Å². The smallest absolute Gasteiger partial charge is 0.328 e. The molecule has 0 atom stereocenters. The lowest BCUT2D eigenvalue weighted by atomic mass is 9.75. The van der Waals surface area contributed by atoms with E-state index in [1.807, 2.05) is 19.1 Å². The van der Waals surface area contributed by atoms with Crippen molar-refractivity contribution >= 4 is 51.8 Å². The first kappa shape index (κ1) is 29.7. The first-order valence-corrected chi connectivity index (χ1v) is 16.3. The topological polar surface area (TPSA) is 121 Å². The quantitative estimate of drug-likeness (QED) is 0.137. The number of benzene rings is 2. The van der Waals surface area contributed by atoms with Gasteiger partial charge < -0.3 is 25.5 Å². The van der Waals surface area contributed by atoms with E-state index < -0.39 is 11.5 Å². The molecule has 4 N–H and O–H groups in total. The SMILES string of the molecule is CCOc1cc(NC(=O)C2(NC(=O)c3ccc4c(C5CCCCC5)c(-c5ccsc5)[nH]c4c3)CCC2)ccc1/C=C/C(=O)O. The van der Waals surface area contributed by atoms with Crippen molar-refractivity contribution in [2.45, 2.75) is 69.7 Å². The Bertz CT molecular complexity index is 1710. The van der Waals surface area contributed by atoms with E-state index in [2.05, 4.69) is 38.5 Å². The molecule has 2 aromatic carbocycles. The number of aromatic amines is 1. The molecule has 2 saturated carbocycles. The van der Waals surface area contributed by atoms with Gasteiger partial charge in [-0.1, -0.05) is 25.3 Å². The molecule has 2 aromatic heterocycles. The number of carboxylic acids is 1. The lowest BCUT2D eigenvalue weighted by molar-refractivity contribution is -0.131. The third-order valence-corrected chi connectivity index (χ3v) is 9.58. The minimum absolute atomic E-state index is 0.281. The van der Waals surface area contributed by atoms with Crippen molar-refractivity contribution in [3.8, 4) is 17.0 Å². The van der Waals surface area contributed by atoms with Gasteiger partial charge in [-0.25, -0.2) is 4.79 Å². The molecule has 2 amide bonds. The highest BCUT2D eigenvalue weighted by Gasteiger charge is 2.45. The number of hydrogen-bond donors (Lipinski definition) is 4. The zero-order valence-corrected chi connectivity index (χ0v) is 25.6. The summed E-state index contributed by atoms with van der Waals surface area (Å²) in [6, 6.07) is 13.1. The lowest BCUT2D eigenvalue weighted by Gasteiger charge is -2.40. The average Bonchev–Trinajstić information content (AvgIpc) is 3.67. The van der Waals surface area contributed by atoms with Crippen LogP contribution in [0.15, 0.2) is 59.3 Å². The van der Waals surface area contributed by atoms with Gasteiger partial charge in [0.2, 0.25) is 5.91 Å². The van der Waals surface area contributed by atoms with E-state index in [0.29, 0.717) is 47.9 Å². The molecular weight excluding hydrogens is 574 g/mol. The molecule has 2 aliphatic carbocycles. The molecule has 0 saturated heterocycles. The molecule has 4 aromatic rings. The summed E-state index contributed by atoms with van der Waals surface area (Å²) in [5.74, 6) is -0.663. The van der Waals surface area contributed by atoms with Crippen molar-refractivity contribution < 1.29 is 24.2 Å². The summed E-state index contributed by atoms with van der Waals surface area (Å²) in [5.41, 5.74) is 5.23. The van der Waals surface area contributed by atoms with Gasteiger partial charge in [-0.15, -0.1) is 0 Å². The van der Waals surface area contributed by atoms with Gasteiger partial charge in [0.25, 0.3) is 5.91 Å².